The first kappa shape index (κ1) is 13.7. The van der Waals surface area contributed by atoms with E-state index in [9.17, 15) is 4.79 Å². The van der Waals surface area contributed by atoms with Crippen LogP contribution in [0.3, 0.4) is 0 Å². The number of aromatic nitrogens is 1. The van der Waals surface area contributed by atoms with Crippen molar-refractivity contribution < 1.29 is 4.79 Å². The van der Waals surface area contributed by atoms with Crippen molar-refractivity contribution in [2.45, 2.75) is 27.3 Å². The number of ketones is 1. The fourth-order valence-electron chi connectivity index (χ4n) is 2.62. The summed E-state index contributed by atoms with van der Waals surface area (Å²) in [5.41, 5.74) is 3.21. The van der Waals surface area contributed by atoms with Gasteiger partial charge in [-0.1, -0.05) is 0 Å². The summed E-state index contributed by atoms with van der Waals surface area (Å²) in [6.45, 7) is 9.85. The van der Waals surface area contributed by atoms with Crippen molar-refractivity contribution in [3.8, 4) is 0 Å². The molecular formula is C14H22N2OS. The summed E-state index contributed by atoms with van der Waals surface area (Å²) in [6.07, 6.45) is 0. The van der Waals surface area contributed by atoms with Crippen LogP contribution in [0.4, 0.5) is 0 Å². The first-order valence-electron chi connectivity index (χ1n) is 6.63. The number of rotatable bonds is 4. The van der Waals surface area contributed by atoms with E-state index in [0.29, 0.717) is 6.54 Å². The Morgan fingerprint density at radius 2 is 2.00 bits per heavy atom. The van der Waals surface area contributed by atoms with E-state index >= 15 is 0 Å². The van der Waals surface area contributed by atoms with Gasteiger partial charge in [0.05, 0.1) is 6.54 Å². The van der Waals surface area contributed by atoms with Gasteiger partial charge in [-0.05, 0) is 26.8 Å². The van der Waals surface area contributed by atoms with Gasteiger partial charge in [0, 0.05) is 48.1 Å². The Morgan fingerprint density at radius 1 is 1.33 bits per heavy atom. The summed E-state index contributed by atoms with van der Waals surface area (Å²) in [5, 5.41) is 0. The molecule has 1 aromatic heterocycles. The average molecular weight is 266 g/mol. The minimum atomic E-state index is 0.273. The van der Waals surface area contributed by atoms with E-state index in [2.05, 4.69) is 30.2 Å². The number of nitrogens with zero attached hydrogens (tertiary/aromatic N) is 2. The molecule has 0 bridgehead atoms. The molecule has 4 heteroatoms. The number of hydrogen-bond acceptors (Lipinski definition) is 3. The van der Waals surface area contributed by atoms with Crippen LogP contribution in [0.2, 0.25) is 0 Å². The van der Waals surface area contributed by atoms with Crippen molar-refractivity contribution >= 4 is 17.5 Å². The number of carbonyl (C=O) groups is 1. The molecule has 3 nitrogen and oxygen atoms in total. The van der Waals surface area contributed by atoms with E-state index in [1.165, 1.54) is 5.69 Å². The molecule has 18 heavy (non-hydrogen) atoms. The molecule has 1 aliphatic rings. The molecule has 0 aliphatic carbocycles. The van der Waals surface area contributed by atoms with Crippen molar-refractivity contribution in [1.29, 1.82) is 0 Å². The Bertz CT molecular complexity index is 433. The zero-order valence-corrected chi connectivity index (χ0v) is 12.3. The van der Waals surface area contributed by atoms with Crippen LogP contribution in [-0.2, 0) is 6.54 Å². The number of Topliss-reactive ketones (excluding diaryl/α,β-unsaturated/α-hetero) is 1. The lowest BCUT2D eigenvalue weighted by atomic mass is 10.1. The summed E-state index contributed by atoms with van der Waals surface area (Å²) >= 11 is 1.98. The summed E-state index contributed by atoms with van der Waals surface area (Å²) in [5.74, 6) is 2.58. The van der Waals surface area contributed by atoms with Gasteiger partial charge >= 0.3 is 0 Å². The predicted molar refractivity (Wildman–Crippen MR) is 77.7 cm³/mol. The van der Waals surface area contributed by atoms with Gasteiger partial charge in [0.2, 0.25) is 0 Å². The topological polar surface area (TPSA) is 25.2 Å². The second kappa shape index (κ2) is 5.93. The smallest absolute Gasteiger partial charge is 0.178 e. The Morgan fingerprint density at radius 3 is 2.56 bits per heavy atom. The fourth-order valence-corrected chi connectivity index (χ4v) is 3.60. The summed E-state index contributed by atoms with van der Waals surface area (Å²) in [4.78, 5) is 14.6. The quantitative estimate of drug-likeness (QED) is 0.782. The van der Waals surface area contributed by atoms with Crippen LogP contribution in [0.15, 0.2) is 6.07 Å². The summed E-state index contributed by atoms with van der Waals surface area (Å²) in [7, 11) is 0. The highest BCUT2D eigenvalue weighted by atomic mass is 32.2. The molecule has 1 aliphatic heterocycles. The van der Waals surface area contributed by atoms with E-state index in [0.717, 1.165) is 42.4 Å². The SMILES string of the molecule is CCn1c(C)cc(C(=O)CN2CCSCC2)c1C. The third kappa shape index (κ3) is 2.81. The highest BCUT2D eigenvalue weighted by Crippen LogP contribution is 2.17. The second-order valence-electron chi connectivity index (χ2n) is 4.84. The van der Waals surface area contributed by atoms with Gasteiger partial charge < -0.3 is 4.57 Å². The molecule has 2 rings (SSSR count). The minimum absolute atomic E-state index is 0.273. The van der Waals surface area contributed by atoms with Gasteiger partial charge in [0.15, 0.2) is 5.78 Å². The minimum Gasteiger partial charge on any atom is -0.349 e. The fraction of sp³-hybridized carbons (Fsp3) is 0.643. The highest BCUT2D eigenvalue weighted by Gasteiger charge is 2.19. The summed E-state index contributed by atoms with van der Waals surface area (Å²) in [6, 6.07) is 2.04. The molecule has 0 saturated carbocycles. The van der Waals surface area contributed by atoms with Gasteiger partial charge in [0.25, 0.3) is 0 Å². The second-order valence-corrected chi connectivity index (χ2v) is 6.07. The largest absolute Gasteiger partial charge is 0.349 e. The van der Waals surface area contributed by atoms with Crippen molar-refractivity contribution in [1.82, 2.24) is 9.47 Å². The molecular weight excluding hydrogens is 244 g/mol. The van der Waals surface area contributed by atoms with Gasteiger partial charge in [-0.2, -0.15) is 11.8 Å². The molecule has 0 N–H and O–H groups in total. The molecule has 0 radical (unpaired) electrons. The molecule has 0 aromatic carbocycles. The average Bonchev–Trinajstić information content (AvgIpc) is 2.65. The Kier molecular flexibility index (Phi) is 4.51. The third-order valence-electron chi connectivity index (χ3n) is 3.66. The van der Waals surface area contributed by atoms with E-state index in [1.54, 1.807) is 0 Å². The van der Waals surface area contributed by atoms with E-state index in [-0.39, 0.29) is 5.78 Å². The van der Waals surface area contributed by atoms with Crippen molar-refractivity contribution in [3.05, 3.63) is 23.0 Å². The monoisotopic (exact) mass is 266 g/mol. The Labute approximate surface area is 114 Å². The maximum atomic E-state index is 12.4. The molecule has 100 valence electrons. The molecule has 1 saturated heterocycles. The van der Waals surface area contributed by atoms with Gasteiger partial charge in [-0.3, -0.25) is 9.69 Å². The van der Waals surface area contributed by atoms with Gasteiger partial charge in [-0.25, -0.2) is 0 Å². The third-order valence-corrected chi connectivity index (χ3v) is 4.60. The summed E-state index contributed by atoms with van der Waals surface area (Å²) < 4.78 is 2.21. The van der Waals surface area contributed by atoms with Crippen LogP contribution in [0.5, 0.6) is 0 Å². The van der Waals surface area contributed by atoms with E-state index in [1.807, 2.05) is 17.8 Å². The maximum Gasteiger partial charge on any atom is 0.178 e. The van der Waals surface area contributed by atoms with Crippen molar-refractivity contribution in [3.63, 3.8) is 0 Å². The number of carbonyl (C=O) groups excluding carboxylic acids is 1. The lowest BCUT2D eigenvalue weighted by Gasteiger charge is -2.25. The number of thioether (sulfide) groups is 1. The lowest BCUT2D eigenvalue weighted by molar-refractivity contribution is 0.0936. The standard InChI is InChI=1S/C14H22N2OS/c1-4-16-11(2)9-13(12(16)3)14(17)10-15-5-7-18-8-6-15/h9H,4-8,10H2,1-3H3. The molecule has 1 aromatic rings. The Hall–Kier alpha value is -0.740. The maximum absolute atomic E-state index is 12.4. The van der Waals surface area contributed by atoms with E-state index < -0.39 is 0 Å². The predicted octanol–water partition coefficient (Wildman–Crippen LogP) is 2.36. The first-order valence-corrected chi connectivity index (χ1v) is 7.79. The van der Waals surface area contributed by atoms with Crippen LogP contribution < -0.4 is 0 Å². The van der Waals surface area contributed by atoms with Crippen LogP contribution >= 0.6 is 11.8 Å². The van der Waals surface area contributed by atoms with Crippen molar-refractivity contribution in [2.75, 3.05) is 31.1 Å². The highest BCUT2D eigenvalue weighted by molar-refractivity contribution is 7.99. The van der Waals surface area contributed by atoms with Crippen LogP contribution in [0.1, 0.15) is 28.7 Å². The lowest BCUT2D eigenvalue weighted by Crippen LogP contribution is -2.36. The van der Waals surface area contributed by atoms with E-state index in [4.69, 9.17) is 0 Å². The normalized spacial score (nSPS) is 17.1. The van der Waals surface area contributed by atoms with Gasteiger partial charge in [0.1, 0.15) is 0 Å². The van der Waals surface area contributed by atoms with Crippen LogP contribution in [0, 0.1) is 13.8 Å². The molecule has 2 heterocycles. The van der Waals surface area contributed by atoms with Crippen molar-refractivity contribution in [2.24, 2.45) is 0 Å². The number of hydrogen-bond donors (Lipinski definition) is 0. The zero-order valence-electron chi connectivity index (χ0n) is 11.5. The van der Waals surface area contributed by atoms with Crippen LogP contribution in [0.25, 0.3) is 0 Å². The molecule has 1 fully saturated rings. The number of aryl methyl sites for hydroxylation is 1. The molecule has 0 amide bonds. The molecule has 0 spiro atoms. The molecule has 0 unspecified atom stereocenters. The van der Waals surface area contributed by atoms with Gasteiger partial charge in [-0.15, -0.1) is 0 Å². The van der Waals surface area contributed by atoms with Crippen LogP contribution in [-0.4, -0.2) is 46.4 Å². The zero-order chi connectivity index (χ0) is 13.1. The Balaban J connectivity index is 2.08. The molecule has 0 atom stereocenters. The first-order chi connectivity index (χ1) is 8.63.